The highest BCUT2D eigenvalue weighted by atomic mass is 35.5. The second kappa shape index (κ2) is 9.07. The molecule has 3 aromatic heterocycles. The van der Waals surface area contributed by atoms with Crippen molar-refractivity contribution in [2.75, 3.05) is 0 Å². The molecule has 0 spiro atoms. The van der Waals surface area contributed by atoms with E-state index in [9.17, 15) is 0 Å². The molecule has 0 atom stereocenters. The molecule has 9 nitrogen and oxygen atoms in total. The van der Waals surface area contributed by atoms with Gasteiger partial charge >= 0.3 is 0 Å². The topological polar surface area (TPSA) is 111 Å². The van der Waals surface area contributed by atoms with Crippen molar-refractivity contribution in [3.8, 4) is 28.5 Å². The van der Waals surface area contributed by atoms with Crippen LogP contribution in [0.5, 0.6) is 0 Å². The zero-order chi connectivity index (χ0) is 24.7. The van der Waals surface area contributed by atoms with Gasteiger partial charge in [0.2, 0.25) is 5.89 Å². The largest absolute Gasteiger partial charge is 0.419 e. The molecule has 0 fully saturated rings. The summed E-state index contributed by atoms with van der Waals surface area (Å²) in [5.41, 5.74) is 3.10. The molecule has 5 aromatic rings. The van der Waals surface area contributed by atoms with Crippen LogP contribution in [-0.4, -0.2) is 40.6 Å². The third-order valence-electron chi connectivity index (χ3n) is 5.23. The second-order valence-electron chi connectivity index (χ2n) is 8.86. The molecular formula is C23H19Cl3N8O. The molecule has 0 saturated heterocycles. The standard InChI is InChI=1S/C23H19Cl3N8O/c1-23(2,3)22-30-29-21(35-22)19-15(11-18-27-32-33-28-18)20(12-4-6-13(24)7-5-12)34(31-19)17-9-8-14(25)10-16(17)26/h4-10H,11H2,1-3H3,(H,27,28,32,33). The van der Waals surface area contributed by atoms with E-state index in [2.05, 4.69) is 30.8 Å². The molecule has 35 heavy (non-hydrogen) atoms. The van der Waals surface area contributed by atoms with Gasteiger partial charge in [0.05, 0.1) is 16.4 Å². The summed E-state index contributed by atoms with van der Waals surface area (Å²) in [5.74, 6) is 1.23. The van der Waals surface area contributed by atoms with Crippen LogP contribution in [-0.2, 0) is 11.8 Å². The van der Waals surface area contributed by atoms with Crippen LogP contribution in [0.4, 0.5) is 0 Å². The molecule has 3 heterocycles. The lowest BCUT2D eigenvalue weighted by atomic mass is 9.97. The fourth-order valence-electron chi connectivity index (χ4n) is 3.56. The van der Waals surface area contributed by atoms with Crippen LogP contribution in [0.15, 0.2) is 46.9 Å². The summed E-state index contributed by atoms with van der Waals surface area (Å²) in [5, 5.41) is 29.4. The van der Waals surface area contributed by atoms with Crippen LogP contribution in [0.3, 0.4) is 0 Å². The van der Waals surface area contributed by atoms with E-state index in [-0.39, 0.29) is 11.3 Å². The Hall–Kier alpha value is -3.27. The third kappa shape index (κ3) is 4.67. The maximum absolute atomic E-state index is 6.61. The van der Waals surface area contributed by atoms with E-state index >= 15 is 0 Å². The first kappa shape index (κ1) is 23.5. The number of aromatic amines is 1. The van der Waals surface area contributed by atoms with Gasteiger partial charge in [0.15, 0.2) is 11.5 Å². The lowest BCUT2D eigenvalue weighted by Gasteiger charge is -2.11. The van der Waals surface area contributed by atoms with E-state index < -0.39 is 0 Å². The predicted molar refractivity (Wildman–Crippen MR) is 133 cm³/mol. The molecule has 0 saturated carbocycles. The van der Waals surface area contributed by atoms with E-state index in [1.165, 1.54) is 0 Å². The lowest BCUT2D eigenvalue weighted by Crippen LogP contribution is -2.11. The van der Waals surface area contributed by atoms with Gasteiger partial charge in [-0.25, -0.2) is 4.68 Å². The summed E-state index contributed by atoms with van der Waals surface area (Å²) in [6, 6.07) is 12.6. The highest BCUT2D eigenvalue weighted by Crippen LogP contribution is 2.38. The number of aromatic nitrogens is 8. The van der Waals surface area contributed by atoms with Gasteiger partial charge in [-0.3, -0.25) is 0 Å². The summed E-state index contributed by atoms with van der Waals surface area (Å²) in [4.78, 5) is 0. The number of hydrogen-bond acceptors (Lipinski definition) is 7. The summed E-state index contributed by atoms with van der Waals surface area (Å²) >= 11 is 18.9. The summed E-state index contributed by atoms with van der Waals surface area (Å²) in [7, 11) is 0. The van der Waals surface area contributed by atoms with Gasteiger partial charge in [0, 0.05) is 33.0 Å². The van der Waals surface area contributed by atoms with Crippen molar-refractivity contribution in [2.24, 2.45) is 0 Å². The van der Waals surface area contributed by atoms with Crippen molar-refractivity contribution in [3.63, 3.8) is 0 Å². The number of nitrogens with one attached hydrogen (secondary N) is 1. The Morgan fingerprint density at radius 1 is 0.943 bits per heavy atom. The minimum atomic E-state index is -0.333. The van der Waals surface area contributed by atoms with Gasteiger partial charge in [-0.15, -0.1) is 20.4 Å². The molecule has 12 heteroatoms. The predicted octanol–water partition coefficient (Wildman–Crippen LogP) is 5.95. The van der Waals surface area contributed by atoms with Gasteiger partial charge in [0.25, 0.3) is 5.89 Å². The van der Waals surface area contributed by atoms with Crippen molar-refractivity contribution in [3.05, 3.63) is 74.8 Å². The average molecular weight is 530 g/mol. The van der Waals surface area contributed by atoms with E-state index in [0.29, 0.717) is 44.6 Å². The quantitative estimate of drug-likeness (QED) is 0.299. The molecule has 5 rings (SSSR count). The van der Waals surface area contributed by atoms with Gasteiger partial charge < -0.3 is 4.42 Å². The van der Waals surface area contributed by atoms with E-state index in [0.717, 1.165) is 16.8 Å². The molecule has 0 aliphatic rings. The fraction of sp³-hybridized carbons (Fsp3) is 0.217. The van der Waals surface area contributed by atoms with Gasteiger partial charge in [-0.2, -0.15) is 10.3 Å². The Balaban J connectivity index is 1.81. The average Bonchev–Trinajstić information content (AvgIpc) is 3.55. The Labute approximate surface area is 215 Å². The zero-order valence-corrected chi connectivity index (χ0v) is 21.2. The van der Waals surface area contributed by atoms with Crippen LogP contribution in [0.25, 0.3) is 28.5 Å². The third-order valence-corrected chi connectivity index (χ3v) is 6.02. The SMILES string of the molecule is CC(C)(C)c1nnc(-c2nn(-c3ccc(Cl)cc3Cl)c(-c3ccc(Cl)cc3)c2Cc2nn[nH]n2)o1. The molecule has 0 aliphatic carbocycles. The van der Waals surface area contributed by atoms with Crippen LogP contribution >= 0.6 is 34.8 Å². The molecular weight excluding hydrogens is 511 g/mol. The van der Waals surface area contributed by atoms with Crippen molar-refractivity contribution in [1.82, 2.24) is 40.6 Å². The number of halogens is 3. The first-order chi connectivity index (χ1) is 16.7. The molecule has 0 bridgehead atoms. The molecule has 0 aliphatic heterocycles. The van der Waals surface area contributed by atoms with Crippen molar-refractivity contribution in [2.45, 2.75) is 32.6 Å². The Morgan fingerprint density at radius 3 is 2.31 bits per heavy atom. The maximum Gasteiger partial charge on any atom is 0.268 e. The van der Waals surface area contributed by atoms with E-state index in [1.54, 1.807) is 35.0 Å². The monoisotopic (exact) mass is 528 g/mol. The van der Waals surface area contributed by atoms with Crippen molar-refractivity contribution < 1.29 is 4.42 Å². The Morgan fingerprint density at radius 2 is 1.69 bits per heavy atom. The number of hydrogen-bond donors (Lipinski definition) is 1. The number of tetrazole rings is 1. The summed E-state index contributed by atoms with van der Waals surface area (Å²) in [6.07, 6.45) is 0.294. The molecule has 0 radical (unpaired) electrons. The number of nitrogens with zero attached hydrogens (tertiary/aromatic N) is 7. The van der Waals surface area contributed by atoms with Crippen LogP contribution in [0, 0.1) is 0 Å². The minimum absolute atomic E-state index is 0.271. The first-order valence-corrected chi connectivity index (χ1v) is 11.7. The molecule has 0 amide bonds. The smallest absolute Gasteiger partial charge is 0.268 e. The fourth-order valence-corrected chi connectivity index (χ4v) is 4.17. The maximum atomic E-state index is 6.61. The number of rotatable bonds is 5. The van der Waals surface area contributed by atoms with Gasteiger partial charge in [-0.1, -0.05) is 72.9 Å². The molecule has 2 aromatic carbocycles. The Bertz CT molecular complexity index is 1480. The summed E-state index contributed by atoms with van der Waals surface area (Å²) in [6.45, 7) is 5.99. The second-order valence-corrected chi connectivity index (χ2v) is 10.1. The highest BCUT2D eigenvalue weighted by Gasteiger charge is 2.29. The first-order valence-electron chi connectivity index (χ1n) is 10.6. The van der Waals surface area contributed by atoms with E-state index in [4.69, 9.17) is 44.3 Å². The van der Waals surface area contributed by atoms with Crippen LogP contribution in [0.1, 0.15) is 38.0 Å². The van der Waals surface area contributed by atoms with Crippen molar-refractivity contribution >= 4 is 34.8 Å². The van der Waals surface area contributed by atoms with Crippen LogP contribution < -0.4 is 0 Å². The normalized spacial score (nSPS) is 11.8. The zero-order valence-electron chi connectivity index (χ0n) is 18.9. The number of H-pyrrole nitrogens is 1. The minimum Gasteiger partial charge on any atom is -0.419 e. The van der Waals surface area contributed by atoms with Gasteiger partial charge in [0.1, 0.15) is 0 Å². The molecule has 1 N–H and O–H groups in total. The van der Waals surface area contributed by atoms with Crippen molar-refractivity contribution in [1.29, 1.82) is 0 Å². The van der Waals surface area contributed by atoms with Gasteiger partial charge in [-0.05, 0) is 30.3 Å². The molecule has 0 unspecified atom stereocenters. The number of benzene rings is 2. The summed E-state index contributed by atoms with van der Waals surface area (Å²) < 4.78 is 7.79. The highest BCUT2D eigenvalue weighted by molar-refractivity contribution is 6.35. The van der Waals surface area contributed by atoms with E-state index in [1.807, 2.05) is 32.9 Å². The molecule has 178 valence electrons. The Kier molecular flexibility index (Phi) is 6.08. The lowest BCUT2D eigenvalue weighted by molar-refractivity contribution is 0.398. The van der Waals surface area contributed by atoms with Crippen LogP contribution in [0.2, 0.25) is 15.1 Å².